The fourth-order valence-electron chi connectivity index (χ4n) is 3.67. The number of aromatic nitrogens is 4. The van der Waals surface area contributed by atoms with Gasteiger partial charge in [-0.05, 0) is 23.3 Å². The first-order valence-corrected chi connectivity index (χ1v) is 9.38. The zero-order valence-corrected chi connectivity index (χ0v) is 15.6. The van der Waals surface area contributed by atoms with E-state index in [4.69, 9.17) is 14.6 Å². The number of benzene rings is 1. The van der Waals surface area contributed by atoms with E-state index < -0.39 is 5.97 Å². The summed E-state index contributed by atoms with van der Waals surface area (Å²) in [7, 11) is 0. The van der Waals surface area contributed by atoms with Crippen LogP contribution in [0.2, 0.25) is 0 Å². The molecule has 5 rings (SSSR count). The first-order chi connectivity index (χ1) is 14.2. The zero-order chi connectivity index (χ0) is 19.8. The maximum Gasteiger partial charge on any atom is 0.374 e. The molecule has 1 N–H and O–H groups in total. The van der Waals surface area contributed by atoms with Gasteiger partial charge in [-0.2, -0.15) is 0 Å². The molecule has 2 aliphatic heterocycles. The van der Waals surface area contributed by atoms with Crippen LogP contribution >= 0.6 is 0 Å². The second kappa shape index (κ2) is 7.17. The fourth-order valence-corrected chi connectivity index (χ4v) is 3.67. The lowest BCUT2D eigenvalue weighted by Gasteiger charge is -2.28. The van der Waals surface area contributed by atoms with Crippen molar-refractivity contribution in [2.24, 2.45) is 0 Å². The smallest absolute Gasteiger partial charge is 0.374 e. The van der Waals surface area contributed by atoms with E-state index in [0.717, 1.165) is 24.2 Å². The minimum atomic E-state index is -1.04. The standard InChI is InChI=1S/C20H19N5O4/c26-20(27)18-23-22-17-11-24(8-9-25(17)18)10-13-3-5-14(6-4-13)16-12-28-15-2-1-7-21-19(15)29-16/h1-7,16H,8-12H2,(H,26,27)/t16-/m1/s1. The number of aromatic carboxylic acids is 1. The average Bonchev–Trinajstić information content (AvgIpc) is 3.17. The molecule has 29 heavy (non-hydrogen) atoms. The first kappa shape index (κ1) is 17.6. The molecule has 0 unspecified atom stereocenters. The van der Waals surface area contributed by atoms with Crippen molar-refractivity contribution in [2.45, 2.75) is 25.7 Å². The molecule has 1 atom stereocenters. The van der Waals surface area contributed by atoms with E-state index in [1.807, 2.05) is 24.3 Å². The monoisotopic (exact) mass is 393 g/mol. The third kappa shape index (κ3) is 3.40. The predicted molar refractivity (Wildman–Crippen MR) is 101 cm³/mol. The Morgan fingerprint density at radius 3 is 2.86 bits per heavy atom. The van der Waals surface area contributed by atoms with E-state index in [0.29, 0.717) is 37.2 Å². The molecule has 4 heterocycles. The van der Waals surface area contributed by atoms with Crippen molar-refractivity contribution in [1.82, 2.24) is 24.6 Å². The van der Waals surface area contributed by atoms with Crippen LogP contribution in [-0.2, 0) is 19.6 Å². The van der Waals surface area contributed by atoms with Crippen LogP contribution in [0.1, 0.15) is 33.7 Å². The van der Waals surface area contributed by atoms with Crippen molar-refractivity contribution in [3.05, 3.63) is 65.4 Å². The SMILES string of the molecule is O=C(O)c1nnc2n1CCN(Cc1ccc([C@H]3COc4cccnc4O3)cc1)C2. The maximum absolute atomic E-state index is 11.2. The van der Waals surface area contributed by atoms with Crippen LogP contribution in [0, 0.1) is 0 Å². The van der Waals surface area contributed by atoms with Gasteiger partial charge in [-0.3, -0.25) is 4.90 Å². The summed E-state index contributed by atoms with van der Waals surface area (Å²) < 4.78 is 13.4. The molecule has 0 bridgehead atoms. The van der Waals surface area contributed by atoms with E-state index >= 15 is 0 Å². The van der Waals surface area contributed by atoms with Gasteiger partial charge in [0.05, 0.1) is 6.54 Å². The molecule has 1 aromatic carbocycles. The van der Waals surface area contributed by atoms with E-state index in [-0.39, 0.29) is 11.9 Å². The van der Waals surface area contributed by atoms with E-state index in [9.17, 15) is 4.79 Å². The third-order valence-corrected chi connectivity index (χ3v) is 5.16. The lowest BCUT2D eigenvalue weighted by molar-refractivity contribution is 0.0673. The van der Waals surface area contributed by atoms with Crippen LogP contribution in [0.15, 0.2) is 42.6 Å². The number of pyridine rings is 1. The number of ether oxygens (including phenoxy) is 2. The second-order valence-corrected chi connectivity index (χ2v) is 7.07. The number of carboxylic acid groups (broad SMARTS) is 1. The first-order valence-electron chi connectivity index (χ1n) is 9.38. The highest BCUT2D eigenvalue weighted by Gasteiger charge is 2.25. The Bertz CT molecular complexity index is 1050. The molecule has 2 aliphatic rings. The predicted octanol–water partition coefficient (Wildman–Crippen LogP) is 1.90. The molecule has 0 aliphatic carbocycles. The number of hydrogen-bond donors (Lipinski definition) is 1. The maximum atomic E-state index is 11.2. The highest BCUT2D eigenvalue weighted by atomic mass is 16.6. The fraction of sp³-hybridized carbons (Fsp3) is 0.300. The van der Waals surface area contributed by atoms with Crippen LogP contribution in [-0.4, -0.2) is 48.9 Å². The second-order valence-electron chi connectivity index (χ2n) is 7.07. The Morgan fingerprint density at radius 2 is 2.03 bits per heavy atom. The Kier molecular flexibility index (Phi) is 4.36. The highest BCUT2D eigenvalue weighted by Crippen LogP contribution is 2.34. The normalized spacial score (nSPS) is 18.3. The van der Waals surface area contributed by atoms with Crippen LogP contribution in [0.4, 0.5) is 0 Å². The molecule has 3 aromatic rings. The molecule has 0 amide bonds. The van der Waals surface area contributed by atoms with Gasteiger partial charge in [0.15, 0.2) is 11.9 Å². The molecule has 0 spiro atoms. The quantitative estimate of drug-likeness (QED) is 0.717. The molecule has 9 nitrogen and oxygen atoms in total. The van der Waals surface area contributed by atoms with Gasteiger partial charge in [0.2, 0.25) is 5.82 Å². The van der Waals surface area contributed by atoms with Gasteiger partial charge in [0.25, 0.3) is 5.88 Å². The summed E-state index contributed by atoms with van der Waals surface area (Å²) in [5.74, 6) is 0.842. The summed E-state index contributed by atoms with van der Waals surface area (Å²) in [5, 5.41) is 17.0. The minimum absolute atomic E-state index is 0.00904. The summed E-state index contributed by atoms with van der Waals surface area (Å²) in [6.45, 7) is 3.09. The van der Waals surface area contributed by atoms with Crippen molar-refractivity contribution < 1.29 is 19.4 Å². The molecule has 0 fully saturated rings. The number of fused-ring (bicyclic) bond motifs is 2. The van der Waals surface area contributed by atoms with Gasteiger partial charge in [-0.25, -0.2) is 9.78 Å². The largest absolute Gasteiger partial charge is 0.484 e. The summed E-state index contributed by atoms with van der Waals surface area (Å²) in [5.41, 5.74) is 2.20. The van der Waals surface area contributed by atoms with E-state index in [1.165, 1.54) is 0 Å². The molecule has 0 saturated heterocycles. The van der Waals surface area contributed by atoms with Gasteiger partial charge in [0.1, 0.15) is 12.4 Å². The van der Waals surface area contributed by atoms with Gasteiger partial charge < -0.3 is 19.1 Å². The molecule has 2 aromatic heterocycles. The Balaban J connectivity index is 1.24. The summed E-state index contributed by atoms with van der Waals surface area (Å²) in [6.07, 6.45) is 1.50. The van der Waals surface area contributed by atoms with E-state index in [2.05, 4.69) is 32.2 Å². The number of carbonyl (C=O) groups is 1. The summed E-state index contributed by atoms with van der Waals surface area (Å²) in [4.78, 5) is 17.6. The Hall–Kier alpha value is -3.46. The van der Waals surface area contributed by atoms with Crippen molar-refractivity contribution in [2.75, 3.05) is 13.2 Å². The molecular formula is C20H19N5O4. The number of rotatable bonds is 4. The van der Waals surface area contributed by atoms with Crippen molar-refractivity contribution in [3.8, 4) is 11.6 Å². The van der Waals surface area contributed by atoms with Crippen LogP contribution < -0.4 is 9.47 Å². The Labute approximate surface area is 166 Å². The van der Waals surface area contributed by atoms with Gasteiger partial charge in [-0.15, -0.1) is 10.2 Å². The van der Waals surface area contributed by atoms with Gasteiger partial charge in [0, 0.05) is 25.8 Å². The summed E-state index contributed by atoms with van der Waals surface area (Å²) in [6, 6.07) is 11.9. The number of hydrogen-bond acceptors (Lipinski definition) is 7. The molecule has 0 saturated carbocycles. The van der Waals surface area contributed by atoms with Gasteiger partial charge >= 0.3 is 5.97 Å². The van der Waals surface area contributed by atoms with Crippen molar-refractivity contribution in [1.29, 1.82) is 0 Å². The van der Waals surface area contributed by atoms with Crippen molar-refractivity contribution in [3.63, 3.8) is 0 Å². The molecule has 148 valence electrons. The topological polar surface area (TPSA) is 103 Å². The lowest BCUT2D eigenvalue weighted by Crippen LogP contribution is -2.34. The zero-order valence-electron chi connectivity index (χ0n) is 15.6. The highest BCUT2D eigenvalue weighted by molar-refractivity contribution is 5.83. The van der Waals surface area contributed by atoms with Crippen LogP contribution in [0.25, 0.3) is 0 Å². The number of carboxylic acids is 1. The van der Waals surface area contributed by atoms with E-state index in [1.54, 1.807) is 10.8 Å². The Morgan fingerprint density at radius 1 is 1.17 bits per heavy atom. The molecule has 9 heteroatoms. The van der Waals surface area contributed by atoms with Crippen molar-refractivity contribution >= 4 is 5.97 Å². The molecular weight excluding hydrogens is 374 g/mol. The average molecular weight is 393 g/mol. The van der Waals surface area contributed by atoms with Crippen LogP contribution in [0.5, 0.6) is 11.6 Å². The number of nitrogens with zero attached hydrogens (tertiary/aromatic N) is 5. The summed E-state index contributed by atoms with van der Waals surface area (Å²) >= 11 is 0. The third-order valence-electron chi connectivity index (χ3n) is 5.16. The van der Waals surface area contributed by atoms with Gasteiger partial charge in [-0.1, -0.05) is 24.3 Å². The molecule has 0 radical (unpaired) electrons. The minimum Gasteiger partial charge on any atom is -0.484 e. The lowest BCUT2D eigenvalue weighted by atomic mass is 10.1. The van der Waals surface area contributed by atoms with Crippen LogP contribution in [0.3, 0.4) is 0 Å².